The number of imidazole rings is 1. The molecule has 0 saturated carbocycles. The van der Waals surface area contributed by atoms with Crippen molar-refractivity contribution in [3.8, 4) is 21.9 Å². The van der Waals surface area contributed by atoms with Gasteiger partial charge in [0.25, 0.3) is 5.91 Å². The van der Waals surface area contributed by atoms with Crippen LogP contribution in [-0.4, -0.2) is 76.6 Å². The molecule has 0 bridgehead atoms. The monoisotopic (exact) mass is 629 g/mol. The van der Waals surface area contributed by atoms with Crippen LogP contribution < -0.4 is 15.8 Å². The number of rotatable bonds is 11. The second-order valence-electron chi connectivity index (χ2n) is 11.1. The molecule has 11 heteroatoms. The maximum atomic E-state index is 12.3. The van der Waals surface area contributed by atoms with Crippen LogP contribution in [0.15, 0.2) is 73.2 Å². The van der Waals surface area contributed by atoms with Crippen molar-refractivity contribution in [2.45, 2.75) is 19.4 Å². The van der Waals surface area contributed by atoms with E-state index < -0.39 is 5.91 Å². The Kier molecular flexibility index (Phi) is 9.13. The number of carbonyl (C=O) groups is 1. The topological polar surface area (TPSA) is 102 Å². The molecule has 0 radical (unpaired) electrons. The van der Waals surface area contributed by atoms with Crippen molar-refractivity contribution in [1.82, 2.24) is 24.3 Å². The molecule has 1 saturated heterocycles. The Bertz CT molecular complexity index is 1760. The lowest BCUT2D eigenvalue weighted by molar-refractivity contribution is 0.0998. The van der Waals surface area contributed by atoms with Crippen LogP contribution in [0, 0.1) is 0 Å². The standard InChI is InChI=1S/C33H36ClN7O2S/c1-22(25-6-3-4-7-26(25)34)43-29-20-31(44-32(29)33(35)42)41-21-38-27-18-23(8-9-28(27)41)24-10-12-37-30(19-24)36-11-5-13-40-16-14-39(2)15-17-40/h3-4,6-10,12,18-22H,5,11,13-17H2,1-2H3,(H2,35,42)(H,36,37). The second kappa shape index (κ2) is 13.4. The minimum Gasteiger partial charge on any atom is -0.484 e. The number of hydrogen-bond acceptors (Lipinski definition) is 8. The summed E-state index contributed by atoms with van der Waals surface area (Å²) in [6.45, 7) is 8.42. The molecule has 9 nitrogen and oxygen atoms in total. The summed E-state index contributed by atoms with van der Waals surface area (Å²) in [4.78, 5) is 26.8. The molecular weight excluding hydrogens is 594 g/mol. The van der Waals surface area contributed by atoms with Crippen molar-refractivity contribution in [2.24, 2.45) is 5.73 Å². The number of nitrogens with one attached hydrogen (secondary N) is 1. The summed E-state index contributed by atoms with van der Waals surface area (Å²) < 4.78 is 8.15. The fraction of sp³-hybridized carbons (Fsp3) is 0.303. The minimum absolute atomic E-state index is 0.345. The fourth-order valence-corrected chi connectivity index (χ4v) is 6.68. The summed E-state index contributed by atoms with van der Waals surface area (Å²) in [6.07, 6.45) is 4.29. The van der Waals surface area contributed by atoms with Crippen LogP contribution in [0.2, 0.25) is 5.02 Å². The first-order chi connectivity index (χ1) is 21.4. The van der Waals surface area contributed by atoms with Crippen LogP contribution in [0.5, 0.6) is 5.75 Å². The van der Waals surface area contributed by atoms with E-state index in [2.05, 4.69) is 50.3 Å². The molecule has 44 heavy (non-hydrogen) atoms. The van der Waals surface area contributed by atoms with Gasteiger partial charge >= 0.3 is 0 Å². The third-order valence-corrected chi connectivity index (χ3v) is 9.46. The smallest absolute Gasteiger partial charge is 0.262 e. The number of piperazine rings is 1. The number of benzene rings is 2. The van der Waals surface area contributed by atoms with E-state index >= 15 is 0 Å². The van der Waals surface area contributed by atoms with Crippen LogP contribution in [0.25, 0.3) is 27.2 Å². The Morgan fingerprint density at radius 2 is 1.86 bits per heavy atom. The number of thiophene rings is 1. The molecule has 5 aromatic rings. The number of nitrogens with zero attached hydrogens (tertiary/aromatic N) is 5. The van der Waals surface area contributed by atoms with E-state index in [0.717, 1.165) is 84.2 Å². The summed E-state index contributed by atoms with van der Waals surface area (Å²) in [5.41, 5.74) is 10.4. The maximum Gasteiger partial charge on any atom is 0.262 e. The van der Waals surface area contributed by atoms with Crippen LogP contribution in [0.3, 0.4) is 0 Å². The summed E-state index contributed by atoms with van der Waals surface area (Å²) in [7, 11) is 2.18. The number of amides is 1. The molecule has 0 aliphatic carbocycles. The Labute approximate surface area is 266 Å². The van der Waals surface area contributed by atoms with Crippen molar-refractivity contribution in [3.05, 3.63) is 88.7 Å². The minimum atomic E-state index is -0.546. The van der Waals surface area contributed by atoms with Crippen LogP contribution >= 0.6 is 22.9 Å². The molecule has 3 aromatic heterocycles. The van der Waals surface area contributed by atoms with Crippen LogP contribution in [0.4, 0.5) is 5.82 Å². The van der Waals surface area contributed by atoms with Crippen molar-refractivity contribution in [1.29, 1.82) is 0 Å². The Hall–Kier alpha value is -3.96. The van der Waals surface area contributed by atoms with Gasteiger partial charge in [0.2, 0.25) is 0 Å². The molecule has 228 valence electrons. The van der Waals surface area contributed by atoms with E-state index in [9.17, 15) is 4.79 Å². The fourth-order valence-electron chi connectivity index (χ4n) is 5.46. The summed E-state index contributed by atoms with van der Waals surface area (Å²) >= 11 is 7.64. The Morgan fingerprint density at radius 3 is 2.66 bits per heavy atom. The maximum absolute atomic E-state index is 12.3. The zero-order valence-corrected chi connectivity index (χ0v) is 26.4. The molecule has 3 N–H and O–H groups in total. The largest absolute Gasteiger partial charge is 0.484 e. The van der Waals surface area contributed by atoms with Gasteiger partial charge in [-0.05, 0) is 68.4 Å². The van der Waals surface area contributed by atoms with E-state index in [1.807, 2.05) is 60.2 Å². The van der Waals surface area contributed by atoms with Crippen molar-refractivity contribution >= 4 is 45.7 Å². The summed E-state index contributed by atoms with van der Waals surface area (Å²) in [5, 5.41) is 4.87. The van der Waals surface area contributed by atoms with Gasteiger partial charge in [0.1, 0.15) is 33.9 Å². The third kappa shape index (κ3) is 6.73. The van der Waals surface area contributed by atoms with Gasteiger partial charge in [0, 0.05) is 55.6 Å². The number of primary amides is 1. The first-order valence-corrected chi connectivity index (χ1v) is 16.0. The lowest BCUT2D eigenvalue weighted by Crippen LogP contribution is -2.44. The molecule has 1 aliphatic rings. The summed E-state index contributed by atoms with van der Waals surface area (Å²) in [5.74, 6) is 0.738. The van der Waals surface area contributed by atoms with Crippen molar-refractivity contribution < 1.29 is 9.53 Å². The highest BCUT2D eigenvalue weighted by Gasteiger charge is 2.21. The van der Waals surface area contributed by atoms with Crippen LogP contribution in [-0.2, 0) is 0 Å². The van der Waals surface area contributed by atoms with E-state index in [0.29, 0.717) is 15.6 Å². The van der Waals surface area contributed by atoms with Gasteiger partial charge < -0.3 is 25.6 Å². The lowest BCUT2D eigenvalue weighted by atomic mass is 10.1. The van der Waals surface area contributed by atoms with Crippen molar-refractivity contribution in [2.75, 3.05) is 51.6 Å². The molecule has 1 aliphatic heterocycles. The number of nitrogens with two attached hydrogens (primary N) is 1. The van der Waals surface area contributed by atoms with Gasteiger partial charge in [0.15, 0.2) is 0 Å². The Balaban J connectivity index is 1.16. The molecule has 1 unspecified atom stereocenters. The number of anilines is 1. The van der Waals surface area contributed by atoms with E-state index in [1.165, 1.54) is 11.3 Å². The highest BCUT2D eigenvalue weighted by molar-refractivity contribution is 7.16. The molecular formula is C33H36ClN7O2S. The summed E-state index contributed by atoms with van der Waals surface area (Å²) in [6, 6.07) is 19.6. The second-order valence-corrected chi connectivity index (χ2v) is 12.5. The molecule has 6 rings (SSSR count). The number of likely N-dealkylation sites (N-methyl/N-ethyl adjacent to an activating group) is 1. The molecule has 1 atom stereocenters. The number of fused-ring (bicyclic) bond motifs is 1. The van der Waals surface area contributed by atoms with E-state index in [4.69, 9.17) is 22.1 Å². The normalized spacial score (nSPS) is 15.0. The predicted octanol–water partition coefficient (Wildman–Crippen LogP) is 6.09. The van der Waals surface area contributed by atoms with E-state index in [-0.39, 0.29) is 6.10 Å². The van der Waals surface area contributed by atoms with Gasteiger partial charge in [0.05, 0.1) is 11.0 Å². The number of halogens is 1. The number of ether oxygens (including phenoxy) is 1. The highest BCUT2D eigenvalue weighted by atomic mass is 35.5. The average Bonchev–Trinajstić information content (AvgIpc) is 3.64. The predicted molar refractivity (Wildman–Crippen MR) is 178 cm³/mol. The lowest BCUT2D eigenvalue weighted by Gasteiger charge is -2.32. The number of hydrogen-bond donors (Lipinski definition) is 2. The molecule has 1 amide bonds. The number of aromatic nitrogens is 3. The van der Waals surface area contributed by atoms with Gasteiger partial charge in [-0.25, -0.2) is 9.97 Å². The average molecular weight is 630 g/mol. The zero-order chi connectivity index (χ0) is 30.6. The number of pyridine rings is 1. The Morgan fingerprint density at radius 1 is 1.07 bits per heavy atom. The molecule has 2 aromatic carbocycles. The van der Waals surface area contributed by atoms with Gasteiger partial charge in [-0.2, -0.15) is 0 Å². The molecule has 1 fully saturated rings. The van der Waals surface area contributed by atoms with E-state index in [1.54, 1.807) is 6.33 Å². The SMILES string of the molecule is CC(Oc1cc(-n2cnc3cc(-c4ccnc(NCCCN5CCN(C)CC5)c4)ccc32)sc1C(N)=O)c1ccccc1Cl. The zero-order valence-electron chi connectivity index (χ0n) is 24.9. The number of carbonyl (C=O) groups excluding carboxylic acids is 1. The van der Waals surface area contributed by atoms with Crippen molar-refractivity contribution in [3.63, 3.8) is 0 Å². The third-order valence-electron chi connectivity index (χ3n) is 7.99. The first kappa shape index (κ1) is 30.1. The molecule has 0 spiro atoms. The van der Waals surface area contributed by atoms with Gasteiger partial charge in [-0.15, -0.1) is 11.3 Å². The van der Waals surface area contributed by atoms with Gasteiger partial charge in [-0.1, -0.05) is 35.9 Å². The quantitative estimate of drug-likeness (QED) is 0.171. The molecule has 4 heterocycles. The first-order valence-electron chi connectivity index (χ1n) is 14.8. The van der Waals surface area contributed by atoms with Crippen LogP contribution in [0.1, 0.15) is 34.7 Å². The van der Waals surface area contributed by atoms with Gasteiger partial charge in [-0.3, -0.25) is 9.36 Å². The highest BCUT2D eigenvalue weighted by Crippen LogP contribution is 2.37.